The lowest BCUT2D eigenvalue weighted by atomic mass is 9.82. The maximum Gasteiger partial charge on any atom is 0.228 e. The van der Waals surface area contributed by atoms with E-state index in [2.05, 4.69) is 5.32 Å². The van der Waals surface area contributed by atoms with Gasteiger partial charge in [-0.25, -0.2) is 0 Å². The molecule has 2 aliphatic rings. The molecule has 6 heteroatoms. The zero-order valence-corrected chi connectivity index (χ0v) is 11.5. The van der Waals surface area contributed by atoms with E-state index in [1.807, 2.05) is 12.2 Å². The SMILES string of the molecule is O=C([O-])c1ccc(NC(=O)[C@H]2[C@H](C(=O)[O-])[C@@H]3C=C[C@H]2C3)cc1. The van der Waals surface area contributed by atoms with Gasteiger partial charge in [-0.3, -0.25) is 4.79 Å². The molecule has 2 aliphatic carbocycles. The number of rotatable bonds is 4. The highest BCUT2D eigenvalue weighted by Gasteiger charge is 2.48. The van der Waals surface area contributed by atoms with Crippen molar-refractivity contribution in [3.63, 3.8) is 0 Å². The van der Waals surface area contributed by atoms with Gasteiger partial charge in [0.2, 0.25) is 5.91 Å². The molecule has 114 valence electrons. The average Bonchev–Trinajstić information content (AvgIpc) is 3.08. The summed E-state index contributed by atoms with van der Waals surface area (Å²) in [6.07, 6.45) is 4.37. The lowest BCUT2D eigenvalue weighted by Crippen LogP contribution is -2.42. The number of nitrogens with one attached hydrogen (secondary N) is 1. The van der Waals surface area contributed by atoms with Crippen LogP contribution in [0.1, 0.15) is 16.8 Å². The summed E-state index contributed by atoms with van der Waals surface area (Å²) in [5, 5.41) is 24.6. The fourth-order valence-electron chi connectivity index (χ4n) is 3.42. The van der Waals surface area contributed by atoms with Gasteiger partial charge in [-0.05, 0) is 36.0 Å². The van der Waals surface area contributed by atoms with Crippen LogP contribution < -0.4 is 15.5 Å². The maximum absolute atomic E-state index is 12.4. The summed E-state index contributed by atoms with van der Waals surface area (Å²) >= 11 is 0. The summed E-state index contributed by atoms with van der Waals surface area (Å²) in [6.45, 7) is 0. The van der Waals surface area contributed by atoms with Gasteiger partial charge < -0.3 is 25.1 Å². The lowest BCUT2D eigenvalue weighted by Gasteiger charge is -2.27. The molecule has 0 aliphatic heterocycles. The van der Waals surface area contributed by atoms with E-state index in [1.165, 1.54) is 24.3 Å². The summed E-state index contributed by atoms with van der Waals surface area (Å²) in [7, 11) is 0. The van der Waals surface area contributed by atoms with Gasteiger partial charge in [0.25, 0.3) is 0 Å². The number of benzene rings is 1. The Labute approximate surface area is 126 Å². The molecular weight excluding hydrogens is 286 g/mol. The van der Waals surface area contributed by atoms with Gasteiger partial charge in [-0.1, -0.05) is 24.3 Å². The molecule has 4 atom stereocenters. The van der Waals surface area contributed by atoms with Crippen LogP contribution >= 0.6 is 0 Å². The van der Waals surface area contributed by atoms with Crippen LogP contribution in [-0.2, 0) is 9.59 Å². The molecule has 0 spiro atoms. The Kier molecular flexibility index (Phi) is 3.44. The topological polar surface area (TPSA) is 109 Å². The second kappa shape index (κ2) is 5.29. The molecule has 0 aromatic heterocycles. The number of allylic oxidation sites excluding steroid dienone is 2. The Balaban J connectivity index is 1.75. The monoisotopic (exact) mass is 299 g/mol. The van der Waals surface area contributed by atoms with Crippen molar-refractivity contribution >= 4 is 23.5 Å². The lowest BCUT2D eigenvalue weighted by molar-refractivity contribution is -0.313. The Morgan fingerprint density at radius 3 is 2.09 bits per heavy atom. The highest BCUT2D eigenvalue weighted by molar-refractivity contribution is 5.96. The summed E-state index contributed by atoms with van der Waals surface area (Å²) in [6, 6.07) is 5.53. The summed E-state index contributed by atoms with van der Waals surface area (Å²) in [4.78, 5) is 34.3. The Morgan fingerprint density at radius 2 is 1.55 bits per heavy atom. The molecule has 0 heterocycles. The van der Waals surface area contributed by atoms with E-state index in [4.69, 9.17) is 0 Å². The molecule has 1 aromatic carbocycles. The molecule has 6 nitrogen and oxygen atoms in total. The van der Waals surface area contributed by atoms with Crippen molar-refractivity contribution in [3.8, 4) is 0 Å². The van der Waals surface area contributed by atoms with Gasteiger partial charge in [0.15, 0.2) is 0 Å². The van der Waals surface area contributed by atoms with Crippen LogP contribution in [0.15, 0.2) is 36.4 Å². The van der Waals surface area contributed by atoms with Gasteiger partial charge >= 0.3 is 0 Å². The number of hydrogen-bond donors (Lipinski definition) is 1. The Bertz CT molecular complexity index is 664. The number of carboxylic acids is 2. The van der Waals surface area contributed by atoms with Gasteiger partial charge in [0.1, 0.15) is 0 Å². The zero-order valence-electron chi connectivity index (χ0n) is 11.5. The quantitative estimate of drug-likeness (QED) is 0.730. The second-order valence-corrected chi connectivity index (χ2v) is 5.67. The molecule has 1 saturated carbocycles. The van der Waals surface area contributed by atoms with E-state index in [-0.39, 0.29) is 23.3 Å². The van der Waals surface area contributed by atoms with E-state index in [0.29, 0.717) is 12.1 Å². The van der Waals surface area contributed by atoms with Crippen molar-refractivity contribution in [2.45, 2.75) is 6.42 Å². The normalized spacial score (nSPS) is 28.5. The molecule has 0 radical (unpaired) electrons. The second-order valence-electron chi connectivity index (χ2n) is 5.67. The van der Waals surface area contributed by atoms with Gasteiger partial charge in [0, 0.05) is 17.6 Å². The number of amides is 1. The molecule has 1 aromatic rings. The van der Waals surface area contributed by atoms with Crippen LogP contribution in [0.3, 0.4) is 0 Å². The predicted molar refractivity (Wildman–Crippen MR) is 72.1 cm³/mol. The fourth-order valence-corrected chi connectivity index (χ4v) is 3.42. The van der Waals surface area contributed by atoms with Crippen molar-refractivity contribution in [2.75, 3.05) is 5.32 Å². The highest BCUT2D eigenvalue weighted by atomic mass is 16.4. The first-order chi connectivity index (χ1) is 10.5. The molecule has 22 heavy (non-hydrogen) atoms. The van der Waals surface area contributed by atoms with E-state index < -0.39 is 23.8 Å². The molecule has 1 fully saturated rings. The van der Waals surface area contributed by atoms with Crippen molar-refractivity contribution in [1.29, 1.82) is 0 Å². The minimum atomic E-state index is -1.30. The van der Waals surface area contributed by atoms with Crippen LogP contribution in [0.25, 0.3) is 0 Å². The number of anilines is 1. The van der Waals surface area contributed by atoms with E-state index in [1.54, 1.807) is 0 Å². The van der Waals surface area contributed by atoms with Crippen LogP contribution in [0, 0.1) is 23.7 Å². The fraction of sp³-hybridized carbons (Fsp3) is 0.312. The van der Waals surface area contributed by atoms with Crippen LogP contribution in [-0.4, -0.2) is 17.8 Å². The third-order valence-electron chi connectivity index (χ3n) is 4.42. The van der Waals surface area contributed by atoms with Gasteiger partial charge in [-0.15, -0.1) is 0 Å². The molecule has 1 amide bonds. The number of aliphatic carboxylic acids is 1. The first-order valence-electron chi connectivity index (χ1n) is 6.99. The minimum absolute atomic E-state index is 0.00784. The molecule has 3 rings (SSSR count). The number of carbonyl (C=O) groups excluding carboxylic acids is 3. The van der Waals surface area contributed by atoms with E-state index in [9.17, 15) is 24.6 Å². The van der Waals surface area contributed by atoms with Crippen LogP contribution in [0.2, 0.25) is 0 Å². The molecular formula is C16H13NO5-2. The molecule has 0 saturated heterocycles. The van der Waals surface area contributed by atoms with Crippen LogP contribution in [0.4, 0.5) is 5.69 Å². The van der Waals surface area contributed by atoms with Gasteiger partial charge in [-0.2, -0.15) is 0 Å². The van der Waals surface area contributed by atoms with E-state index >= 15 is 0 Å². The average molecular weight is 299 g/mol. The standard InChI is InChI=1S/C16H15NO5/c18-14(17-11-5-3-8(4-6-11)15(19)20)12-9-1-2-10(7-9)13(12)16(21)22/h1-6,9-10,12-13H,7H2,(H,17,18)(H,19,20)(H,21,22)/p-2/t9-,10+,12+,13+/m0/s1. The third kappa shape index (κ3) is 2.36. The smallest absolute Gasteiger partial charge is 0.228 e. The van der Waals surface area contributed by atoms with Crippen molar-refractivity contribution in [1.82, 2.24) is 0 Å². The molecule has 1 N–H and O–H groups in total. The van der Waals surface area contributed by atoms with Crippen LogP contribution in [0.5, 0.6) is 0 Å². The highest BCUT2D eigenvalue weighted by Crippen LogP contribution is 2.48. The Hall–Kier alpha value is -2.63. The summed E-state index contributed by atoms with van der Waals surface area (Å²) in [5.74, 6) is -4.58. The number of aromatic carboxylic acids is 1. The van der Waals surface area contributed by atoms with E-state index in [0.717, 1.165) is 0 Å². The van der Waals surface area contributed by atoms with Gasteiger partial charge in [0.05, 0.1) is 11.9 Å². The zero-order chi connectivity index (χ0) is 15.9. The first kappa shape index (κ1) is 14.3. The predicted octanol–water partition coefficient (Wildman–Crippen LogP) is -0.823. The largest absolute Gasteiger partial charge is 0.550 e. The molecule has 2 bridgehead atoms. The minimum Gasteiger partial charge on any atom is -0.550 e. The Morgan fingerprint density at radius 1 is 0.955 bits per heavy atom. The first-order valence-corrected chi connectivity index (χ1v) is 6.99. The summed E-state index contributed by atoms with van der Waals surface area (Å²) in [5.41, 5.74) is 0.423. The summed E-state index contributed by atoms with van der Waals surface area (Å²) < 4.78 is 0. The number of hydrogen-bond acceptors (Lipinski definition) is 5. The number of carbonyl (C=O) groups is 3. The number of carboxylic acid groups (broad SMARTS) is 2. The molecule has 0 unspecified atom stereocenters. The number of fused-ring (bicyclic) bond motifs is 2. The van der Waals surface area contributed by atoms with Crippen molar-refractivity contribution in [3.05, 3.63) is 42.0 Å². The van der Waals surface area contributed by atoms with Crippen molar-refractivity contribution < 1.29 is 24.6 Å². The van der Waals surface area contributed by atoms with Crippen molar-refractivity contribution in [2.24, 2.45) is 23.7 Å². The maximum atomic E-state index is 12.4. The third-order valence-corrected chi connectivity index (χ3v) is 4.42.